The van der Waals surface area contributed by atoms with Crippen molar-refractivity contribution in [2.45, 2.75) is 44.9 Å². The van der Waals surface area contributed by atoms with Crippen LogP contribution < -0.4 is 10.8 Å². The van der Waals surface area contributed by atoms with Crippen LogP contribution in [0.15, 0.2) is 18.5 Å². The molecule has 1 aromatic rings. The second-order valence-corrected chi connectivity index (χ2v) is 6.98. The van der Waals surface area contributed by atoms with Gasteiger partial charge in [0.05, 0.1) is 5.69 Å². The molecule has 2 radical (unpaired) electrons. The highest BCUT2D eigenvalue weighted by Gasteiger charge is 2.37. The van der Waals surface area contributed by atoms with E-state index in [1.165, 1.54) is 6.20 Å². The number of carbonyl (C=O) groups is 1. The van der Waals surface area contributed by atoms with E-state index in [9.17, 15) is 9.18 Å². The minimum Gasteiger partial charge on any atom is -0.444 e. The Kier molecular flexibility index (Phi) is 5.17. The van der Waals surface area contributed by atoms with Crippen LogP contribution in [0, 0.1) is 0 Å². The summed E-state index contributed by atoms with van der Waals surface area (Å²) in [5.74, 6) is 0. The van der Waals surface area contributed by atoms with Crippen molar-refractivity contribution in [2.75, 3.05) is 25.0 Å². The number of anilines is 1. The number of nitrogens with one attached hydrogen (secondary N) is 1. The first-order valence-corrected chi connectivity index (χ1v) is 7.78. The molecule has 0 atom stereocenters. The fourth-order valence-corrected chi connectivity index (χ4v) is 2.41. The zero-order chi connectivity index (χ0) is 17.1. The molecule has 1 saturated heterocycles. The van der Waals surface area contributed by atoms with Gasteiger partial charge in [0.15, 0.2) is 0 Å². The molecule has 124 valence electrons. The molecule has 1 aliphatic heterocycles. The normalized spacial score (nSPS) is 17.7. The summed E-state index contributed by atoms with van der Waals surface area (Å²) in [4.78, 5) is 17.5. The van der Waals surface area contributed by atoms with Gasteiger partial charge in [-0.15, -0.1) is 0 Å². The molecule has 0 saturated carbocycles. The van der Waals surface area contributed by atoms with Crippen LogP contribution in [0.2, 0.25) is 0 Å². The lowest BCUT2D eigenvalue weighted by Gasteiger charge is -2.37. The maximum atomic E-state index is 14.8. The fraction of sp³-hybridized carbons (Fsp3) is 0.625. The summed E-state index contributed by atoms with van der Waals surface area (Å²) in [6, 6.07) is 1.71. The van der Waals surface area contributed by atoms with Crippen molar-refractivity contribution in [3.05, 3.63) is 18.5 Å². The Hall–Kier alpha value is -1.79. The van der Waals surface area contributed by atoms with Crippen LogP contribution in [0.5, 0.6) is 0 Å². The standard InChI is InChI=1S/C16H23BFN3O2/c1-15(2,3)23-14(22)21-6-4-16(18,5-7-21)11-20-13-8-12(17)9-19-10-13/h8-10,20H,4-7,11H2,1-3H3. The lowest BCUT2D eigenvalue weighted by molar-refractivity contribution is 0.00576. The van der Waals surface area contributed by atoms with Crippen LogP contribution in [0.25, 0.3) is 0 Å². The summed E-state index contributed by atoms with van der Waals surface area (Å²) in [6.45, 7) is 6.32. The summed E-state index contributed by atoms with van der Waals surface area (Å²) < 4.78 is 20.2. The lowest BCUT2D eigenvalue weighted by Crippen LogP contribution is -2.48. The third-order valence-electron chi connectivity index (χ3n) is 3.68. The topological polar surface area (TPSA) is 54.5 Å². The summed E-state index contributed by atoms with van der Waals surface area (Å²) in [5.41, 5.74) is -0.675. The predicted octanol–water partition coefficient (Wildman–Crippen LogP) is 2.03. The van der Waals surface area contributed by atoms with E-state index in [0.29, 0.717) is 24.2 Å². The van der Waals surface area contributed by atoms with Gasteiger partial charge >= 0.3 is 6.09 Å². The molecule has 1 aromatic heterocycles. The second kappa shape index (κ2) is 6.77. The molecule has 0 bridgehead atoms. The molecular weight excluding hydrogens is 296 g/mol. The smallest absolute Gasteiger partial charge is 0.410 e. The quantitative estimate of drug-likeness (QED) is 0.866. The highest BCUT2D eigenvalue weighted by atomic mass is 19.1. The van der Waals surface area contributed by atoms with E-state index < -0.39 is 11.3 Å². The van der Waals surface area contributed by atoms with Crippen molar-refractivity contribution in [2.24, 2.45) is 0 Å². The first kappa shape index (κ1) is 17.6. The summed E-state index contributed by atoms with van der Waals surface area (Å²) >= 11 is 0. The van der Waals surface area contributed by atoms with E-state index >= 15 is 0 Å². The van der Waals surface area contributed by atoms with E-state index in [1.54, 1.807) is 17.2 Å². The molecule has 5 nitrogen and oxygen atoms in total. The number of piperidine rings is 1. The van der Waals surface area contributed by atoms with Crippen molar-refractivity contribution in [3.63, 3.8) is 0 Å². The Labute approximate surface area is 138 Å². The number of pyridine rings is 1. The van der Waals surface area contributed by atoms with Crippen LogP contribution >= 0.6 is 0 Å². The summed E-state index contributed by atoms with van der Waals surface area (Å²) in [5, 5.41) is 3.03. The van der Waals surface area contributed by atoms with Crippen molar-refractivity contribution in [1.82, 2.24) is 9.88 Å². The summed E-state index contributed by atoms with van der Waals surface area (Å²) in [7, 11) is 5.65. The Balaban J connectivity index is 1.83. The number of alkyl halides is 1. The number of amides is 1. The molecule has 7 heteroatoms. The molecular formula is C16H23BFN3O2. The Morgan fingerprint density at radius 3 is 2.65 bits per heavy atom. The Morgan fingerprint density at radius 1 is 1.43 bits per heavy atom. The van der Waals surface area contributed by atoms with Gasteiger partial charge in [0.2, 0.25) is 0 Å². The third kappa shape index (κ3) is 5.41. The molecule has 1 aliphatic rings. The molecule has 0 aromatic carbocycles. The second-order valence-electron chi connectivity index (χ2n) is 6.98. The van der Waals surface area contributed by atoms with Gasteiger partial charge in [0, 0.05) is 44.9 Å². The molecule has 0 spiro atoms. The number of halogens is 1. The van der Waals surface area contributed by atoms with Crippen molar-refractivity contribution < 1.29 is 13.9 Å². The van der Waals surface area contributed by atoms with Crippen molar-refractivity contribution >= 4 is 25.1 Å². The van der Waals surface area contributed by atoms with E-state index in [1.807, 2.05) is 20.8 Å². The molecule has 23 heavy (non-hydrogen) atoms. The van der Waals surface area contributed by atoms with Crippen molar-refractivity contribution in [3.8, 4) is 0 Å². The molecule has 2 heterocycles. The van der Waals surface area contributed by atoms with E-state index in [2.05, 4.69) is 10.3 Å². The summed E-state index contributed by atoms with van der Waals surface area (Å²) in [6.07, 6.45) is 3.31. The average Bonchev–Trinajstić information content (AvgIpc) is 2.44. The molecule has 0 aliphatic carbocycles. The van der Waals surface area contributed by atoms with Gasteiger partial charge in [-0.25, -0.2) is 9.18 Å². The minimum atomic E-state index is -1.36. The van der Waals surface area contributed by atoms with Gasteiger partial charge < -0.3 is 15.0 Å². The maximum absolute atomic E-state index is 14.8. The zero-order valence-corrected chi connectivity index (χ0v) is 13.9. The van der Waals surface area contributed by atoms with Gasteiger partial charge in [-0.05, 0) is 26.8 Å². The van der Waals surface area contributed by atoms with Crippen LogP contribution in [-0.2, 0) is 4.74 Å². The van der Waals surface area contributed by atoms with Crippen molar-refractivity contribution in [1.29, 1.82) is 0 Å². The number of aromatic nitrogens is 1. The number of nitrogens with zero attached hydrogens (tertiary/aromatic N) is 2. The molecule has 1 amide bonds. The largest absolute Gasteiger partial charge is 0.444 e. The maximum Gasteiger partial charge on any atom is 0.410 e. The van der Waals surface area contributed by atoms with Gasteiger partial charge in [0.25, 0.3) is 0 Å². The third-order valence-corrected chi connectivity index (χ3v) is 3.68. The Morgan fingerprint density at radius 2 is 2.09 bits per heavy atom. The average molecular weight is 319 g/mol. The van der Waals surface area contributed by atoms with E-state index in [4.69, 9.17) is 12.6 Å². The number of hydrogen-bond acceptors (Lipinski definition) is 4. The Bertz CT molecular complexity index is 555. The highest BCUT2D eigenvalue weighted by molar-refractivity contribution is 6.32. The van der Waals surface area contributed by atoms with Crippen LogP contribution in [-0.4, -0.2) is 54.7 Å². The predicted molar refractivity (Wildman–Crippen MR) is 89.0 cm³/mol. The number of hydrogen-bond donors (Lipinski definition) is 1. The van der Waals surface area contributed by atoms with Gasteiger partial charge in [0.1, 0.15) is 19.1 Å². The van der Waals surface area contributed by atoms with Gasteiger partial charge in [-0.3, -0.25) is 4.98 Å². The van der Waals surface area contributed by atoms with E-state index in [0.717, 1.165) is 0 Å². The molecule has 0 unspecified atom stereocenters. The first-order valence-electron chi connectivity index (χ1n) is 7.78. The monoisotopic (exact) mass is 319 g/mol. The number of rotatable bonds is 3. The van der Waals surface area contributed by atoms with Crippen LogP contribution in [0.3, 0.4) is 0 Å². The molecule has 2 rings (SSSR count). The lowest BCUT2D eigenvalue weighted by atomic mass is 9.93. The molecule has 1 N–H and O–H groups in total. The number of carbonyl (C=O) groups excluding carboxylic acids is 1. The van der Waals surface area contributed by atoms with E-state index in [-0.39, 0.29) is 25.5 Å². The van der Waals surface area contributed by atoms with Crippen LogP contribution in [0.4, 0.5) is 14.9 Å². The zero-order valence-electron chi connectivity index (χ0n) is 13.9. The van der Waals surface area contributed by atoms with Crippen LogP contribution in [0.1, 0.15) is 33.6 Å². The fourth-order valence-electron chi connectivity index (χ4n) is 2.41. The molecule has 1 fully saturated rings. The number of ether oxygens (including phenoxy) is 1. The first-order chi connectivity index (χ1) is 10.7. The SMILES string of the molecule is [B]c1cncc(NCC2(F)CCN(C(=O)OC(C)(C)C)CC2)c1. The minimum absolute atomic E-state index is 0.167. The highest BCUT2D eigenvalue weighted by Crippen LogP contribution is 2.28. The number of likely N-dealkylation sites (tertiary alicyclic amines) is 1. The van der Waals surface area contributed by atoms with Gasteiger partial charge in [-0.1, -0.05) is 5.46 Å². The van der Waals surface area contributed by atoms with Gasteiger partial charge in [-0.2, -0.15) is 0 Å².